The van der Waals surface area contributed by atoms with Gasteiger partial charge in [-0.05, 0) is 18.4 Å². The first-order valence-corrected chi connectivity index (χ1v) is 7.46. The third kappa shape index (κ3) is 4.86. The zero-order chi connectivity index (χ0) is 13.5. The Kier molecular flexibility index (Phi) is 6.49. The van der Waals surface area contributed by atoms with Crippen molar-refractivity contribution in [3.8, 4) is 0 Å². The van der Waals surface area contributed by atoms with Crippen molar-refractivity contribution in [2.24, 2.45) is 0 Å². The van der Waals surface area contributed by atoms with E-state index in [9.17, 15) is 14.9 Å². The van der Waals surface area contributed by atoms with Crippen molar-refractivity contribution in [1.82, 2.24) is 0 Å². The maximum atomic E-state index is 11.5. The molecule has 1 aromatic carbocycles. The van der Waals surface area contributed by atoms with E-state index in [1.807, 2.05) is 0 Å². The summed E-state index contributed by atoms with van der Waals surface area (Å²) in [4.78, 5) is 21.7. The SMILES string of the molecule is O=C(CCCBr)CCc1ccc([N+](=O)[O-])cc1Br. The van der Waals surface area contributed by atoms with Crippen LogP contribution in [0.3, 0.4) is 0 Å². The third-order valence-corrected chi connectivity index (χ3v) is 3.81. The molecule has 6 heteroatoms. The molecule has 18 heavy (non-hydrogen) atoms. The van der Waals surface area contributed by atoms with Gasteiger partial charge >= 0.3 is 0 Å². The third-order valence-electron chi connectivity index (χ3n) is 2.51. The summed E-state index contributed by atoms with van der Waals surface area (Å²) < 4.78 is 0.685. The summed E-state index contributed by atoms with van der Waals surface area (Å²) in [6, 6.07) is 4.63. The van der Waals surface area contributed by atoms with Crippen LogP contribution in [0.25, 0.3) is 0 Å². The van der Waals surface area contributed by atoms with E-state index in [1.165, 1.54) is 12.1 Å². The maximum Gasteiger partial charge on any atom is 0.270 e. The molecule has 0 amide bonds. The van der Waals surface area contributed by atoms with E-state index in [0.717, 1.165) is 17.3 Å². The Morgan fingerprint density at radius 2 is 2.06 bits per heavy atom. The summed E-state index contributed by atoms with van der Waals surface area (Å²) in [5, 5.41) is 11.4. The predicted octanol–water partition coefficient (Wildman–Crippen LogP) is 4.03. The molecule has 0 spiro atoms. The second-order valence-corrected chi connectivity index (χ2v) is 5.51. The summed E-state index contributed by atoms with van der Waals surface area (Å²) in [5.74, 6) is 0.222. The van der Waals surface area contributed by atoms with Crippen LogP contribution in [-0.2, 0) is 11.2 Å². The van der Waals surface area contributed by atoms with E-state index >= 15 is 0 Å². The van der Waals surface area contributed by atoms with Crippen molar-refractivity contribution >= 4 is 43.3 Å². The number of aryl methyl sites for hydroxylation is 1. The zero-order valence-corrected chi connectivity index (χ0v) is 12.9. The Morgan fingerprint density at radius 3 is 2.61 bits per heavy atom. The molecule has 98 valence electrons. The van der Waals surface area contributed by atoms with Crippen LogP contribution in [0.4, 0.5) is 5.69 Å². The summed E-state index contributed by atoms with van der Waals surface area (Å²) in [6.45, 7) is 0. The highest BCUT2D eigenvalue weighted by molar-refractivity contribution is 9.10. The van der Waals surface area contributed by atoms with Crippen molar-refractivity contribution in [2.45, 2.75) is 25.7 Å². The molecular weight excluding hydrogens is 366 g/mol. The molecule has 0 atom stereocenters. The van der Waals surface area contributed by atoms with Gasteiger partial charge in [0.1, 0.15) is 5.78 Å². The van der Waals surface area contributed by atoms with Crippen molar-refractivity contribution in [2.75, 3.05) is 5.33 Å². The minimum absolute atomic E-state index is 0.0521. The quantitative estimate of drug-likeness (QED) is 0.408. The molecule has 0 aliphatic carbocycles. The molecule has 1 aromatic rings. The van der Waals surface area contributed by atoms with Gasteiger partial charge < -0.3 is 0 Å². The number of rotatable bonds is 7. The van der Waals surface area contributed by atoms with Gasteiger partial charge in [-0.1, -0.05) is 37.9 Å². The first-order valence-electron chi connectivity index (χ1n) is 5.55. The number of halogens is 2. The summed E-state index contributed by atoms with van der Waals surface area (Å²) in [6.07, 6.45) is 2.51. The summed E-state index contributed by atoms with van der Waals surface area (Å²) in [5.41, 5.74) is 0.976. The van der Waals surface area contributed by atoms with Crippen molar-refractivity contribution < 1.29 is 9.72 Å². The molecule has 0 bridgehead atoms. The Hall–Kier alpha value is -0.750. The first-order chi connectivity index (χ1) is 8.54. The molecule has 0 N–H and O–H groups in total. The molecule has 0 saturated heterocycles. The number of Topliss-reactive ketones (excluding diaryl/α,β-unsaturated/α-hetero) is 1. The van der Waals surface area contributed by atoms with Crippen molar-refractivity contribution in [3.63, 3.8) is 0 Å². The fraction of sp³-hybridized carbons (Fsp3) is 0.417. The molecule has 0 unspecified atom stereocenters. The number of nitro benzene ring substituents is 1. The zero-order valence-electron chi connectivity index (χ0n) is 9.70. The number of carbonyl (C=O) groups excluding carboxylic acids is 1. The lowest BCUT2D eigenvalue weighted by atomic mass is 10.1. The normalized spacial score (nSPS) is 10.3. The fourth-order valence-electron chi connectivity index (χ4n) is 1.52. The average molecular weight is 379 g/mol. The average Bonchev–Trinajstić information content (AvgIpc) is 2.34. The van der Waals surface area contributed by atoms with Gasteiger partial charge in [0.05, 0.1) is 4.92 Å². The molecule has 0 heterocycles. The van der Waals surface area contributed by atoms with Gasteiger partial charge in [0.15, 0.2) is 0 Å². The molecule has 0 aliphatic rings. The molecule has 0 aromatic heterocycles. The van der Waals surface area contributed by atoms with Crippen LogP contribution in [0, 0.1) is 10.1 Å². The number of benzene rings is 1. The topological polar surface area (TPSA) is 60.2 Å². The number of nitro groups is 1. The Labute approximate surface area is 122 Å². The smallest absolute Gasteiger partial charge is 0.270 e. The minimum Gasteiger partial charge on any atom is -0.300 e. The number of carbonyl (C=O) groups is 1. The van der Waals surface area contributed by atoms with Gasteiger partial charge in [0, 0.05) is 34.8 Å². The second kappa shape index (κ2) is 7.63. The molecule has 4 nitrogen and oxygen atoms in total. The number of nitrogens with zero attached hydrogens (tertiary/aromatic N) is 1. The van der Waals surface area contributed by atoms with Crippen LogP contribution >= 0.6 is 31.9 Å². The maximum absolute atomic E-state index is 11.5. The lowest BCUT2D eigenvalue weighted by Gasteiger charge is -2.04. The molecule has 0 saturated carbocycles. The summed E-state index contributed by atoms with van der Waals surface area (Å²) >= 11 is 6.58. The van der Waals surface area contributed by atoms with Crippen LogP contribution in [0.5, 0.6) is 0 Å². The largest absolute Gasteiger partial charge is 0.300 e. The number of non-ortho nitro benzene ring substituents is 1. The number of hydrogen-bond acceptors (Lipinski definition) is 3. The number of ketones is 1. The number of hydrogen-bond donors (Lipinski definition) is 0. The van der Waals surface area contributed by atoms with Gasteiger partial charge in [0.25, 0.3) is 5.69 Å². The monoisotopic (exact) mass is 377 g/mol. The molecule has 0 fully saturated rings. The van der Waals surface area contributed by atoms with E-state index in [4.69, 9.17) is 0 Å². The Balaban J connectivity index is 2.58. The minimum atomic E-state index is -0.435. The molecular formula is C12H13Br2NO3. The highest BCUT2D eigenvalue weighted by atomic mass is 79.9. The second-order valence-electron chi connectivity index (χ2n) is 3.86. The summed E-state index contributed by atoms with van der Waals surface area (Å²) in [7, 11) is 0. The van der Waals surface area contributed by atoms with E-state index < -0.39 is 4.92 Å². The molecule has 0 aliphatic heterocycles. The highest BCUT2D eigenvalue weighted by Crippen LogP contribution is 2.24. The fourth-order valence-corrected chi connectivity index (χ4v) is 2.36. The first kappa shape index (κ1) is 15.3. The Bertz CT molecular complexity index is 449. The van der Waals surface area contributed by atoms with E-state index in [-0.39, 0.29) is 11.5 Å². The van der Waals surface area contributed by atoms with Crippen LogP contribution in [0.2, 0.25) is 0 Å². The standard InChI is InChI=1S/C12H13Br2NO3/c13-7-1-2-11(16)6-4-9-3-5-10(15(17)18)8-12(9)14/h3,5,8H,1-2,4,6-7H2. The highest BCUT2D eigenvalue weighted by Gasteiger charge is 2.10. The predicted molar refractivity (Wildman–Crippen MR) is 77.2 cm³/mol. The number of alkyl halides is 1. The van der Waals surface area contributed by atoms with Gasteiger partial charge in [0.2, 0.25) is 0 Å². The lowest BCUT2D eigenvalue weighted by Crippen LogP contribution is -2.01. The molecule has 0 radical (unpaired) electrons. The van der Waals surface area contributed by atoms with Gasteiger partial charge in [-0.15, -0.1) is 0 Å². The van der Waals surface area contributed by atoms with Gasteiger partial charge in [-0.25, -0.2) is 0 Å². The van der Waals surface area contributed by atoms with Crippen LogP contribution in [0.15, 0.2) is 22.7 Å². The molecule has 1 rings (SSSR count). The van der Waals surface area contributed by atoms with Gasteiger partial charge in [-0.2, -0.15) is 0 Å². The van der Waals surface area contributed by atoms with Crippen LogP contribution in [0.1, 0.15) is 24.8 Å². The Morgan fingerprint density at radius 1 is 1.33 bits per heavy atom. The van der Waals surface area contributed by atoms with E-state index in [1.54, 1.807) is 6.07 Å². The van der Waals surface area contributed by atoms with Crippen LogP contribution < -0.4 is 0 Å². The van der Waals surface area contributed by atoms with E-state index in [2.05, 4.69) is 31.9 Å². The van der Waals surface area contributed by atoms with Crippen LogP contribution in [-0.4, -0.2) is 16.0 Å². The lowest BCUT2D eigenvalue weighted by molar-refractivity contribution is -0.384. The van der Waals surface area contributed by atoms with Crippen molar-refractivity contribution in [1.29, 1.82) is 0 Å². The van der Waals surface area contributed by atoms with E-state index in [0.29, 0.717) is 23.7 Å². The van der Waals surface area contributed by atoms with Gasteiger partial charge in [-0.3, -0.25) is 14.9 Å². The van der Waals surface area contributed by atoms with Crippen molar-refractivity contribution in [3.05, 3.63) is 38.3 Å².